The highest BCUT2D eigenvalue weighted by atomic mass is 19.1. The van der Waals surface area contributed by atoms with Crippen LogP contribution in [0.25, 0.3) is 0 Å². The van der Waals surface area contributed by atoms with Crippen molar-refractivity contribution in [3.63, 3.8) is 0 Å². The Hall–Kier alpha value is -1.65. The van der Waals surface area contributed by atoms with Crippen LogP contribution in [0.15, 0.2) is 12.3 Å². The number of anilines is 1. The molecule has 0 aliphatic heterocycles. The molecular formula is C12H15FN2O2. The molecule has 1 aliphatic rings. The Morgan fingerprint density at radius 2 is 2.24 bits per heavy atom. The highest BCUT2D eigenvalue weighted by Gasteiger charge is 2.38. The molecule has 1 aromatic heterocycles. The van der Waals surface area contributed by atoms with Crippen molar-refractivity contribution in [2.24, 2.45) is 5.92 Å². The summed E-state index contributed by atoms with van der Waals surface area (Å²) < 4.78 is 13.8. The van der Waals surface area contributed by atoms with Crippen LogP contribution in [0.2, 0.25) is 0 Å². The van der Waals surface area contributed by atoms with Gasteiger partial charge in [0.2, 0.25) is 0 Å². The van der Waals surface area contributed by atoms with Gasteiger partial charge in [-0.1, -0.05) is 0 Å². The van der Waals surface area contributed by atoms with Crippen LogP contribution >= 0.6 is 0 Å². The quantitative estimate of drug-likeness (QED) is 0.846. The first-order valence-corrected chi connectivity index (χ1v) is 5.58. The molecule has 1 fully saturated rings. The third-order valence-corrected chi connectivity index (χ3v) is 3.16. The Bertz CT molecular complexity index is 456. The van der Waals surface area contributed by atoms with Gasteiger partial charge in [-0.05, 0) is 38.7 Å². The van der Waals surface area contributed by atoms with Gasteiger partial charge in [0.1, 0.15) is 5.56 Å². The first kappa shape index (κ1) is 11.8. The Morgan fingerprint density at radius 3 is 2.76 bits per heavy atom. The number of pyridine rings is 1. The summed E-state index contributed by atoms with van der Waals surface area (Å²) in [4.78, 5) is 14.7. The van der Waals surface area contributed by atoms with Crippen molar-refractivity contribution in [2.45, 2.75) is 32.2 Å². The number of nitrogens with one attached hydrogen (secondary N) is 1. The van der Waals surface area contributed by atoms with Crippen LogP contribution in [-0.2, 0) is 0 Å². The summed E-state index contributed by atoms with van der Waals surface area (Å²) in [7, 11) is 0. The lowest BCUT2D eigenvalue weighted by atomic mass is 9.99. The number of carboxylic acids is 1. The summed E-state index contributed by atoms with van der Waals surface area (Å²) in [5, 5.41) is 11.8. The molecule has 0 atom stereocenters. The normalized spacial score (nSPS) is 15.7. The van der Waals surface area contributed by atoms with Gasteiger partial charge < -0.3 is 10.4 Å². The van der Waals surface area contributed by atoms with E-state index < -0.39 is 11.8 Å². The van der Waals surface area contributed by atoms with Gasteiger partial charge in [0.25, 0.3) is 0 Å². The smallest absolute Gasteiger partial charge is 0.338 e. The van der Waals surface area contributed by atoms with Gasteiger partial charge in [0, 0.05) is 11.7 Å². The zero-order valence-electron chi connectivity index (χ0n) is 9.83. The predicted octanol–water partition coefficient (Wildman–Crippen LogP) is 2.52. The number of hydrogen-bond donors (Lipinski definition) is 2. The molecule has 1 aromatic rings. The van der Waals surface area contributed by atoms with E-state index in [-0.39, 0.29) is 16.9 Å². The monoisotopic (exact) mass is 238 g/mol. The second-order valence-corrected chi connectivity index (χ2v) is 4.95. The van der Waals surface area contributed by atoms with Crippen molar-refractivity contribution >= 4 is 11.8 Å². The van der Waals surface area contributed by atoms with Crippen LogP contribution in [-0.4, -0.2) is 21.6 Å². The van der Waals surface area contributed by atoms with Crippen molar-refractivity contribution in [2.75, 3.05) is 5.32 Å². The standard InChI is InChI=1S/C12H15FN2O2/c1-12(2,7-3-4-7)15-10-9(13)8(11(16)17)5-6-14-10/h5-7H,3-4H2,1-2H3,(H,14,15)(H,16,17). The summed E-state index contributed by atoms with van der Waals surface area (Å²) >= 11 is 0. The van der Waals surface area contributed by atoms with Crippen LogP contribution in [0.4, 0.5) is 10.2 Å². The summed E-state index contributed by atoms with van der Waals surface area (Å²) in [6.07, 6.45) is 3.53. The largest absolute Gasteiger partial charge is 0.478 e. The lowest BCUT2D eigenvalue weighted by Gasteiger charge is -2.27. The fraction of sp³-hybridized carbons (Fsp3) is 0.500. The van der Waals surface area contributed by atoms with Crippen molar-refractivity contribution in [1.82, 2.24) is 4.98 Å². The minimum Gasteiger partial charge on any atom is -0.478 e. The van der Waals surface area contributed by atoms with Crippen molar-refractivity contribution in [3.05, 3.63) is 23.6 Å². The molecule has 1 saturated carbocycles. The zero-order valence-corrected chi connectivity index (χ0v) is 9.83. The van der Waals surface area contributed by atoms with Crippen LogP contribution in [0, 0.1) is 11.7 Å². The average Bonchev–Trinajstić information content (AvgIpc) is 3.03. The molecule has 0 bridgehead atoms. The maximum absolute atomic E-state index is 13.8. The maximum Gasteiger partial charge on any atom is 0.338 e. The topological polar surface area (TPSA) is 62.2 Å². The number of carbonyl (C=O) groups is 1. The van der Waals surface area contributed by atoms with E-state index in [1.165, 1.54) is 6.20 Å². The molecule has 0 amide bonds. The van der Waals surface area contributed by atoms with E-state index in [2.05, 4.69) is 10.3 Å². The highest BCUT2D eigenvalue weighted by Crippen LogP contribution is 2.41. The highest BCUT2D eigenvalue weighted by molar-refractivity contribution is 5.88. The third-order valence-electron chi connectivity index (χ3n) is 3.16. The number of aromatic carboxylic acids is 1. The van der Waals surface area contributed by atoms with Gasteiger partial charge in [-0.2, -0.15) is 0 Å². The number of aromatic nitrogens is 1. The molecule has 92 valence electrons. The van der Waals surface area contributed by atoms with E-state index in [9.17, 15) is 9.18 Å². The van der Waals surface area contributed by atoms with Gasteiger partial charge in [-0.25, -0.2) is 14.2 Å². The van der Waals surface area contributed by atoms with Crippen LogP contribution in [0.5, 0.6) is 0 Å². The first-order chi connectivity index (χ1) is 7.92. The molecule has 17 heavy (non-hydrogen) atoms. The average molecular weight is 238 g/mol. The number of hydrogen-bond acceptors (Lipinski definition) is 3. The van der Waals surface area contributed by atoms with E-state index in [4.69, 9.17) is 5.11 Å². The summed E-state index contributed by atoms with van der Waals surface area (Å²) in [6, 6.07) is 1.16. The molecule has 0 saturated heterocycles. The molecular weight excluding hydrogens is 223 g/mol. The molecule has 5 heteroatoms. The molecule has 2 N–H and O–H groups in total. The van der Waals surface area contributed by atoms with Crippen molar-refractivity contribution < 1.29 is 14.3 Å². The van der Waals surface area contributed by atoms with Gasteiger partial charge in [-0.15, -0.1) is 0 Å². The Kier molecular flexibility index (Phi) is 2.77. The summed E-state index contributed by atoms with van der Waals surface area (Å²) in [6.45, 7) is 3.94. The molecule has 0 radical (unpaired) electrons. The van der Waals surface area contributed by atoms with Gasteiger partial charge in [0.05, 0.1) is 0 Å². The summed E-state index contributed by atoms with van der Waals surface area (Å²) in [5.41, 5.74) is -0.612. The van der Waals surface area contributed by atoms with E-state index in [0.29, 0.717) is 5.92 Å². The van der Waals surface area contributed by atoms with E-state index >= 15 is 0 Å². The van der Waals surface area contributed by atoms with E-state index in [0.717, 1.165) is 18.9 Å². The predicted molar refractivity (Wildman–Crippen MR) is 61.6 cm³/mol. The molecule has 0 spiro atoms. The lowest BCUT2D eigenvalue weighted by molar-refractivity contribution is 0.0691. The third kappa shape index (κ3) is 2.38. The fourth-order valence-electron chi connectivity index (χ4n) is 1.91. The lowest BCUT2D eigenvalue weighted by Crippen LogP contribution is -2.34. The van der Waals surface area contributed by atoms with Crippen LogP contribution in [0.1, 0.15) is 37.0 Å². The number of rotatable bonds is 4. The Balaban J connectivity index is 2.27. The first-order valence-electron chi connectivity index (χ1n) is 5.58. The van der Waals surface area contributed by atoms with Gasteiger partial charge >= 0.3 is 5.97 Å². The fourth-order valence-corrected chi connectivity index (χ4v) is 1.91. The Labute approximate surface area is 98.9 Å². The molecule has 1 aliphatic carbocycles. The molecule has 4 nitrogen and oxygen atoms in total. The second kappa shape index (κ2) is 3.98. The van der Waals surface area contributed by atoms with Crippen molar-refractivity contribution in [1.29, 1.82) is 0 Å². The maximum atomic E-state index is 13.8. The molecule has 0 aromatic carbocycles. The van der Waals surface area contributed by atoms with Crippen LogP contribution in [0.3, 0.4) is 0 Å². The van der Waals surface area contributed by atoms with Crippen LogP contribution < -0.4 is 5.32 Å². The van der Waals surface area contributed by atoms with Gasteiger partial charge in [0.15, 0.2) is 11.6 Å². The number of carboxylic acid groups (broad SMARTS) is 1. The number of halogens is 1. The minimum atomic E-state index is -1.28. The SMILES string of the molecule is CC(C)(Nc1nccc(C(=O)O)c1F)C1CC1. The zero-order chi connectivity index (χ0) is 12.6. The second-order valence-electron chi connectivity index (χ2n) is 4.95. The Morgan fingerprint density at radius 1 is 1.59 bits per heavy atom. The van der Waals surface area contributed by atoms with E-state index in [1.54, 1.807) is 0 Å². The van der Waals surface area contributed by atoms with E-state index in [1.807, 2.05) is 13.8 Å². The summed E-state index contributed by atoms with van der Waals surface area (Å²) in [5.74, 6) is -1.56. The van der Waals surface area contributed by atoms with Crippen molar-refractivity contribution in [3.8, 4) is 0 Å². The molecule has 1 heterocycles. The minimum absolute atomic E-state index is 0.0156. The molecule has 0 unspecified atom stereocenters. The molecule has 2 rings (SSSR count). The number of nitrogens with zero attached hydrogens (tertiary/aromatic N) is 1. The van der Waals surface area contributed by atoms with Gasteiger partial charge in [-0.3, -0.25) is 0 Å².